The number of nitrogens with zero attached hydrogens (tertiary/aromatic N) is 1. The lowest BCUT2D eigenvalue weighted by molar-refractivity contribution is -0.136. The van der Waals surface area contributed by atoms with Crippen molar-refractivity contribution < 1.29 is 27.9 Å². The molecule has 0 heterocycles. The number of nitriles is 1. The van der Waals surface area contributed by atoms with Gasteiger partial charge in [0.1, 0.15) is 5.78 Å². The van der Waals surface area contributed by atoms with E-state index in [9.17, 15) is 22.8 Å². The molecule has 0 saturated carbocycles. The van der Waals surface area contributed by atoms with Crippen LogP contribution in [0.15, 0.2) is 170 Å². The van der Waals surface area contributed by atoms with Crippen molar-refractivity contribution in [3.8, 4) is 6.07 Å². The molecule has 0 aliphatic carbocycles. The lowest BCUT2D eigenvalue weighted by atomic mass is 10.0. The second kappa shape index (κ2) is 20.8. The van der Waals surface area contributed by atoms with Crippen LogP contribution in [0.5, 0.6) is 0 Å². The molecule has 1 amide bonds. The van der Waals surface area contributed by atoms with E-state index in [1.54, 1.807) is 17.7 Å². The molecule has 8 rings (SSSR count). The number of ketones is 1. The third-order valence-electron chi connectivity index (χ3n) is 8.97. The van der Waals surface area contributed by atoms with E-state index in [0.717, 1.165) is 43.8 Å². The fraction of sp³-hybridized carbons (Fsp3) is 0.102. The van der Waals surface area contributed by atoms with Crippen LogP contribution < -0.4 is 9.86 Å². The largest absolute Gasteiger partial charge is 0.481 e. The van der Waals surface area contributed by atoms with Crippen LogP contribution in [0.2, 0.25) is 0 Å². The smallest absolute Gasteiger partial charge is 0.307 e. The molecule has 8 aromatic carbocycles. The van der Waals surface area contributed by atoms with Crippen molar-refractivity contribution in [3.05, 3.63) is 192 Å². The first kappa shape index (κ1) is 42.9. The fourth-order valence-corrected chi connectivity index (χ4v) is 6.72. The molecular weight excluding hydrogens is 759 g/mol. The maximum absolute atomic E-state index is 11.4. The second-order valence-electron chi connectivity index (χ2n) is 13.8. The minimum atomic E-state index is -3.99. The number of rotatable bonds is 8. The Labute approximate surface area is 343 Å². The van der Waals surface area contributed by atoms with Crippen molar-refractivity contribution in [3.63, 3.8) is 0 Å². The first-order chi connectivity index (χ1) is 28.3. The summed E-state index contributed by atoms with van der Waals surface area (Å²) in [6, 6.07) is 57.7. The van der Waals surface area contributed by atoms with Gasteiger partial charge in [0, 0.05) is 6.42 Å². The van der Waals surface area contributed by atoms with Crippen molar-refractivity contribution in [2.24, 2.45) is 5.14 Å². The zero-order valence-corrected chi connectivity index (χ0v) is 33.2. The van der Waals surface area contributed by atoms with Gasteiger partial charge in [-0.2, -0.15) is 13.7 Å². The molecule has 0 radical (unpaired) electrons. The molecule has 296 valence electrons. The number of nitrogens with two attached hydrogens (primary N) is 1. The summed E-state index contributed by atoms with van der Waals surface area (Å²) in [5, 5.41) is 31.0. The van der Waals surface area contributed by atoms with Gasteiger partial charge in [0.15, 0.2) is 0 Å². The van der Waals surface area contributed by atoms with Crippen LogP contribution >= 0.6 is 0 Å². The molecule has 0 aromatic heterocycles. The van der Waals surface area contributed by atoms with Gasteiger partial charge in [0.05, 0.1) is 25.3 Å². The molecule has 8 aromatic rings. The van der Waals surface area contributed by atoms with E-state index in [-0.39, 0.29) is 18.6 Å². The molecule has 0 fully saturated rings. The fourth-order valence-electron chi connectivity index (χ4n) is 6.33. The van der Waals surface area contributed by atoms with Gasteiger partial charge in [-0.25, -0.2) is 9.86 Å². The van der Waals surface area contributed by atoms with Crippen LogP contribution in [0.3, 0.4) is 0 Å². The highest BCUT2D eigenvalue weighted by Gasteiger charge is 2.10. The number of carbonyl (C=O) groups excluding carboxylic acids is 2. The molecule has 0 bridgehead atoms. The minimum absolute atomic E-state index is 0.0265. The number of aliphatic carboxylic acids is 1. The number of carbonyl (C=O) groups is 3. The molecule has 0 aliphatic rings. The van der Waals surface area contributed by atoms with Crippen molar-refractivity contribution in [2.75, 3.05) is 0 Å². The maximum atomic E-state index is 11.4. The summed E-state index contributed by atoms with van der Waals surface area (Å²) in [6.45, 7) is 1.62. The van der Waals surface area contributed by atoms with Gasteiger partial charge >= 0.3 is 5.97 Å². The van der Waals surface area contributed by atoms with Crippen LogP contribution in [-0.4, -0.2) is 31.2 Å². The highest BCUT2D eigenvalue weighted by atomic mass is 32.2. The van der Waals surface area contributed by atoms with E-state index in [4.69, 9.17) is 15.5 Å². The summed E-state index contributed by atoms with van der Waals surface area (Å²) < 4.78 is 23.1. The number of benzene rings is 8. The van der Waals surface area contributed by atoms with E-state index >= 15 is 0 Å². The molecule has 0 spiro atoms. The number of amides is 1. The van der Waals surface area contributed by atoms with Crippen molar-refractivity contribution in [2.45, 2.75) is 32.6 Å². The van der Waals surface area contributed by atoms with Gasteiger partial charge < -0.3 is 5.11 Å². The minimum Gasteiger partial charge on any atom is -0.481 e. The zero-order valence-electron chi connectivity index (χ0n) is 32.4. The van der Waals surface area contributed by atoms with Crippen LogP contribution in [0.25, 0.3) is 43.1 Å². The summed E-state index contributed by atoms with van der Waals surface area (Å²) in [5.41, 5.74) is 3.75. The Kier molecular flexibility index (Phi) is 15.2. The molecule has 4 N–H and O–H groups in total. The summed E-state index contributed by atoms with van der Waals surface area (Å²) in [4.78, 5) is 32.8. The Bertz CT molecular complexity index is 2810. The first-order valence-electron chi connectivity index (χ1n) is 18.7. The molecule has 0 saturated heterocycles. The SMILES string of the molecule is CC(=O)Cc1ccc2ccccc2c1.N#CCc1ccc2ccccc2c1.NS(=O)(=O)NC(=O)Cc1ccc2ccccc2c1.O=C(O)Cc1ccc2ccccc2c1. The van der Waals surface area contributed by atoms with Crippen molar-refractivity contribution in [1.82, 2.24) is 4.72 Å². The highest BCUT2D eigenvalue weighted by Crippen LogP contribution is 2.19. The van der Waals surface area contributed by atoms with Crippen LogP contribution in [0.1, 0.15) is 29.2 Å². The Morgan fingerprint density at radius 2 is 0.847 bits per heavy atom. The molecular formula is C49H43N3O6S. The number of hydrogen-bond acceptors (Lipinski definition) is 6. The number of Topliss-reactive ketones (excluding diaryl/α,β-unsaturated/α-hetero) is 1. The zero-order chi connectivity index (χ0) is 42.2. The van der Waals surface area contributed by atoms with Gasteiger partial charge in [0.2, 0.25) is 5.91 Å². The van der Waals surface area contributed by atoms with Crippen molar-refractivity contribution >= 4 is 71.0 Å². The summed E-state index contributed by atoms with van der Waals surface area (Å²) >= 11 is 0. The molecule has 0 aliphatic heterocycles. The van der Waals surface area contributed by atoms with Gasteiger partial charge in [-0.15, -0.1) is 0 Å². The molecule has 9 nitrogen and oxygen atoms in total. The summed E-state index contributed by atoms with van der Waals surface area (Å²) in [7, 11) is -3.99. The average Bonchev–Trinajstić information content (AvgIpc) is 3.20. The van der Waals surface area contributed by atoms with Crippen LogP contribution in [-0.2, 0) is 50.3 Å². The van der Waals surface area contributed by atoms with Gasteiger partial charge in [0.25, 0.3) is 10.2 Å². The quantitative estimate of drug-likeness (QED) is 0.138. The number of nitrogens with one attached hydrogen (secondary N) is 1. The van der Waals surface area contributed by atoms with E-state index < -0.39 is 22.1 Å². The number of hydrogen-bond donors (Lipinski definition) is 3. The summed E-state index contributed by atoms with van der Waals surface area (Å²) in [6.07, 6.45) is 1.09. The molecule has 0 unspecified atom stereocenters. The maximum Gasteiger partial charge on any atom is 0.307 e. The van der Waals surface area contributed by atoms with E-state index in [1.165, 1.54) is 21.5 Å². The Morgan fingerprint density at radius 3 is 1.19 bits per heavy atom. The lowest BCUT2D eigenvalue weighted by Gasteiger charge is -2.04. The normalized spacial score (nSPS) is 10.5. The van der Waals surface area contributed by atoms with Gasteiger partial charge in [-0.3, -0.25) is 14.4 Å². The molecule has 10 heteroatoms. The predicted octanol–water partition coefficient (Wildman–Crippen LogP) is 9.05. The molecule has 0 atom stereocenters. The van der Waals surface area contributed by atoms with Gasteiger partial charge in [-0.05, 0) is 72.3 Å². The Morgan fingerprint density at radius 1 is 0.525 bits per heavy atom. The first-order valence-corrected chi connectivity index (χ1v) is 20.2. The Hall–Kier alpha value is -7.19. The van der Waals surface area contributed by atoms with Crippen LogP contribution in [0, 0.1) is 11.3 Å². The van der Waals surface area contributed by atoms with E-state index in [1.807, 2.05) is 115 Å². The lowest BCUT2D eigenvalue weighted by Crippen LogP contribution is -2.36. The standard InChI is InChI=1S/C13H12O.C12H12N2O3S.C12H9N.C12H10O2/c1-10(14)8-11-6-7-12-4-2-3-5-13(12)9-11;13-18(16,17)14-12(15)8-9-5-6-10-3-1-2-4-11(10)7-9;13-8-7-10-5-6-11-3-1-2-4-12(11)9-10;13-12(14)8-9-5-6-10-3-1-2-4-11(10)7-9/h2-7,9H,8H2,1H3;1-7H,8H2,(H,14,15)(H2,13,16,17);1-6,9H,7H2;1-7H,8H2,(H,13,14). The number of carboxylic acid groups (broad SMARTS) is 1. The van der Waals surface area contributed by atoms with Crippen molar-refractivity contribution in [1.29, 1.82) is 5.26 Å². The topological polar surface area (TPSA) is 167 Å². The highest BCUT2D eigenvalue weighted by molar-refractivity contribution is 7.87. The third-order valence-corrected chi connectivity index (χ3v) is 9.48. The molecule has 59 heavy (non-hydrogen) atoms. The van der Waals surface area contributed by atoms with E-state index in [0.29, 0.717) is 12.8 Å². The Balaban J connectivity index is 0.000000151. The van der Waals surface area contributed by atoms with Gasteiger partial charge in [-0.1, -0.05) is 170 Å². The number of carboxylic acids is 1. The third kappa shape index (κ3) is 14.1. The monoisotopic (exact) mass is 801 g/mol. The summed E-state index contributed by atoms with van der Waals surface area (Å²) in [5.74, 6) is -1.23. The average molecular weight is 802 g/mol. The second-order valence-corrected chi connectivity index (χ2v) is 15.1. The van der Waals surface area contributed by atoms with Crippen LogP contribution in [0.4, 0.5) is 0 Å². The van der Waals surface area contributed by atoms with E-state index in [2.05, 4.69) is 54.6 Å². The number of fused-ring (bicyclic) bond motifs is 4. The predicted molar refractivity (Wildman–Crippen MR) is 236 cm³/mol.